The van der Waals surface area contributed by atoms with Crippen molar-refractivity contribution in [2.75, 3.05) is 0 Å². The first-order valence-corrected chi connectivity index (χ1v) is 11.5. The first-order valence-electron chi connectivity index (χ1n) is 11.5. The number of carbonyl (C=O) groups excluding carboxylic acids is 1. The van der Waals surface area contributed by atoms with Crippen LogP contribution in [0, 0.1) is 0 Å². The topological polar surface area (TPSA) is 123 Å². The van der Waals surface area contributed by atoms with E-state index < -0.39 is 29.1 Å². The molecule has 0 amide bonds. The van der Waals surface area contributed by atoms with E-state index in [1.807, 2.05) is 0 Å². The lowest BCUT2D eigenvalue weighted by Crippen LogP contribution is -2.28. The molecule has 188 valence electrons. The highest BCUT2D eigenvalue weighted by atomic mass is 16.6. The molecule has 0 atom stereocenters. The fourth-order valence-electron chi connectivity index (χ4n) is 4.12. The van der Waals surface area contributed by atoms with Crippen LogP contribution in [0.15, 0.2) is 77.6 Å². The molecule has 0 aliphatic carbocycles. The van der Waals surface area contributed by atoms with Crippen molar-refractivity contribution in [3.8, 4) is 11.1 Å². The van der Waals surface area contributed by atoms with Crippen molar-refractivity contribution in [2.45, 2.75) is 32.9 Å². The van der Waals surface area contributed by atoms with E-state index in [-0.39, 0.29) is 34.1 Å². The maximum Gasteiger partial charge on any atom is 0.353 e. The highest BCUT2D eigenvalue weighted by Gasteiger charge is 2.24. The Bertz CT molecular complexity index is 1580. The van der Waals surface area contributed by atoms with Crippen molar-refractivity contribution in [1.29, 1.82) is 0 Å². The molecule has 4 aromatic rings. The smallest absolute Gasteiger partial charge is 0.353 e. The molecule has 0 aliphatic heterocycles. The summed E-state index contributed by atoms with van der Waals surface area (Å²) in [7, 11) is 0. The molecule has 0 saturated heterocycles. The average Bonchev–Trinajstić information content (AvgIpc) is 2.84. The Morgan fingerprint density at radius 1 is 0.811 bits per heavy atom. The maximum absolute atomic E-state index is 13.5. The second kappa shape index (κ2) is 9.73. The second-order valence-electron chi connectivity index (χ2n) is 9.55. The number of ether oxygens (including phenoxy) is 1. The van der Waals surface area contributed by atoms with Gasteiger partial charge in [-0.1, -0.05) is 42.5 Å². The largest absolute Gasteiger partial charge is 0.478 e. The lowest BCUT2D eigenvalue weighted by molar-refractivity contribution is 0.00691. The number of carboxylic acid groups (broad SMARTS) is 2. The van der Waals surface area contributed by atoms with Crippen LogP contribution in [0.3, 0.4) is 0 Å². The maximum atomic E-state index is 13.5. The number of fused-ring (bicyclic) bond motifs is 1. The molecule has 0 unspecified atom stereocenters. The van der Waals surface area contributed by atoms with Crippen LogP contribution in [0.2, 0.25) is 0 Å². The normalized spacial score (nSPS) is 11.3. The minimum absolute atomic E-state index is 0.0594. The second-order valence-corrected chi connectivity index (χ2v) is 9.55. The van der Waals surface area contributed by atoms with Crippen LogP contribution in [0.5, 0.6) is 0 Å². The standard InChI is InChI=1S/C29H25NO7/c1-29(2,3)37-28(36)19-11-9-17(10-12-19)16-30-24(27(34)35)23(18-7-5-4-6-8-18)22-15-20(26(32)33)13-14-21(22)25(30)31/h4-15H,16H2,1-3H3,(H,32,33)(H,34,35). The molecule has 4 rings (SSSR count). The molecule has 3 aromatic carbocycles. The van der Waals surface area contributed by atoms with E-state index in [1.54, 1.807) is 75.4 Å². The number of aromatic carboxylic acids is 2. The van der Waals surface area contributed by atoms with Gasteiger partial charge in [0.25, 0.3) is 5.56 Å². The van der Waals surface area contributed by atoms with Crippen LogP contribution < -0.4 is 5.56 Å². The molecule has 1 heterocycles. The van der Waals surface area contributed by atoms with Gasteiger partial charge in [-0.2, -0.15) is 0 Å². The van der Waals surface area contributed by atoms with Crippen molar-refractivity contribution in [3.05, 3.63) is 106 Å². The van der Waals surface area contributed by atoms with Crippen LogP contribution in [0.25, 0.3) is 21.9 Å². The zero-order valence-corrected chi connectivity index (χ0v) is 20.5. The number of nitrogens with zero attached hydrogens (tertiary/aromatic N) is 1. The van der Waals surface area contributed by atoms with E-state index in [9.17, 15) is 29.4 Å². The molecule has 8 heteroatoms. The number of benzene rings is 3. The van der Waals surface area contributed by atoms with Gasteiger partial charge in [-0.3, -0.25) is 9.36 Å². The summed E-state index contributed by atoms with van der Waals surface area (Å²) in [6.45, 7) is 5.22. The number of carbonyl (C=O) groups is 3. The number of hydrogen-bond donors (Lipinski definition) is 2. The molecular formula is C29H25NO7. The van der Waals surface area contributed by atoms with Crippen molar-refractivity contribution in [2.24, 2.45) is 0 Å². The third kappa shape index (κ3) is 5.28. The zero-order chi connectivity index (χ0) is 26.9. The molecule has 0 bridgehead atoms. The summed E-state index contributed by atoms with van der Waals surface area (Å²) in [4.78, 5) is 50.1. The average molecular weight is 500 g/mol. The summed E-state index contributed by atoms with van der Waals surface area (Å²) in [6.07, 6.45) is 0. The summed E-state index contributed by atoms with van der Waals surface area (Å²) in [5.74, 6) is -3.01. The number of aromatic nitrogens is 1. The molecule has 8 nitrogen and oxygen atoms in total. The van der Waals surface area contributed by atoms with Gasteiger partial charge in [0, 0.05) is 10.9 Å². The van der Waals surface area contributed by atoms with E-state index in [2.05, 4.69) is 0 Å². The Hall–Kier alpha value is -4.72. The summed E-state index contributed by atoms with van der Waals surface area (Å²) in [5, 5.41) is 20.2. The molecule has 0 spiro atoms. The Balaban J connectivity index is 1.90. The first kappa shape index (κ1) is 25.4. The lowest BCUT2D eigenvalue weighted by atomic mass is 9.95. The minimum atomic E-state index is -1.33. The molecule has 0 saturated carbocycles. The fraction of sp³-hybridized carbons (Fsp3) is 0.172. The van der Waals surface area contributed by atoms with Crippen LogP contribution in [0.1, 0.15) is 57.5 Å². The zero-order valence-electron chi connectivity index (χ0n) is 20.5. The van der Waals surface area contributed by atoms with Gasteiger partial charge in [-0.05, 0) is 67.6 Å². The van der Waals surface area contributed by atoms with Crippen LogP contribution >= 0.6 is 0 Å². The monoisotopic (exact) mass is 499 g/mol. The SMILES string of the molecule is CC(C)(C)OC(=O)c1ccc(Cn2c(C(=O)O)c(-c3ccccc3)c3cc(C(=O)O)ccc3c2=O)cc1. The third-order valence-electron chi connectivity index (χ3n) is 5.71. The highest BCUT2D eigenvalue weighted by Crippen LogP contribution is 2.32. The molecular weight excluding hydrogens is 474 g/mol. The van der Waals surface area contributed by atoms with E-state index in [0.29, 0.717) is 16.7 Å². The van der Waals surface area contributed by atoms with Gasteiger partial charge in [0.2, 0.25) is 0 Å². The van der Waals surface area contributed by atoms with Crippen molar-refractivity contribution in [3.63, 3.8) is 0 Å². The van der Waals surface area contributed by atoms with Gasteiger partial charge in [-0.25, -0.2) is 14.4 Å². The number of rotatable bonds is 6. The summed E-state index contributed by atoms with van der Waals surface area (Å²) < 4.78 is 6.54. The van der Waals surface area contributed by atoms with Gasteiger partial charge in [0.15, 0.2) is 0 Å². The molecule has 0 radical (unpaired) electrons. The molecule has 37 heavy (non-hydrogen) atoms. The Morgan fingerprint density at radius 2 is 1.43 bits per heavy atom. The first-order chi connectivity index (χ1) is 17.5. The quantitative estimate of drug-likeness (QED) is 0.355. The third-order valence-corrected chi connectivity index (χ3v) is 5.71. The summed E-state index contributed by atoms with van der Waals surface area (Å²) in [6, 6.07) is 19.1. The van der Waals surface area contributed by atoms with E-state index in [0.717, 1.165) is 4.57 Å². The number of esters is 1. The predicted molar refractivity (Wildman–Crippen MR) is 138 cm³/mol. The molecule has 1 aromatic heterocycles. The van der Waals surface area contributed by atoms with Crippen LogP contribution in [-0.4, -0.2) is 38.3 Å². The van der Waals surface area contributed by atoms with E-state index in [1.165, 1.54) is 18.2 Å². The Labute approximate surface area is 212 Å². The molecule has 0 aliphatic rings. The van der Waals surface area contributed by atoms with Gasteiger partial charge < -0.3 is 14.9 Å². The van der Waals surface area contributed by atoms with Gasteiger partial charge in [0.05, 0.1) is 17.7 Å². The number of pyridine rings is 1. The predicted octanol–water partition coefficient (Wildman–Crippen LogP) is 5.07. The fourth-order valence-corrected chi connectivity index (χ4v) is 4.12. The highest BCUT2D eigenvalue weighted by molar-refractivity contribution is 6.08. The number of hydrogen-bond acceptors (Lipinski definition) is 5. The van der Waals surface area contributed by atoms with Crippen molar-refractivity contribution in [1.82, 2.24) is 4.57 Å². The van der Waals surface area contributed by atoms with Crippen LogP contribution in [-0.2, 0) is 11.3 Å². The van der Waals surface area contributed by atoms with Gasteiger partial charge in [-0.15, -0.1) is 0 Å². The number of carboxylic acids is 2. The molecule has 0 fully saturated rings. The van der Waals surface area contributed by atoms with Crippen molar-refractivity contribution >= 4 is 28.7 Å². The van der Waals surface area contributed by atoms with Gasteiger partial charge in [0.1, 0.15) is 11.3 Å². The van der Waals surface area contributed by atoms with E-state index >= 15 is 0 Å². The van der Waals surface area contributed by atoms with Gasteiger partial charge >= 0.3 is 17.9 Å². The Morgan fingerprint density at radius 3 is 2.00 bits per heavy atom. The van der Waals surface area contributed by atoms with E-state index in [4.69, 9.17) is 4.74 Å². The lowest BCUT2D eigenvalue weighted by Gasteiger charge is -2.20. The molecule has 2 N–H and O–H groups in total. The summed E-state index contributed by atoms with van der Waals surface area (Å²) >= 11 is 0. The van der Waals surface area contributed by atoms with Crippen LogP contribution in [0.4, 0.5) is 0 Å². The van der Waals surface area contributed by atoms with Crippen molar-refractivity contribution < 1.29 is 29.3 Å². The minimum Gasteiger partial charge on any atom is -0.478 e. The summed E-state index contributed by atoms with van der Waals surface area (Å²) in [5.41, 5.74) is 0.154. The Kier molecular flexibility index (Phi) is 6.68.